The number of halogens is 3. The van der Waals surface area contributed by atoms with Gasteiger partial charge in [-0.1, -0.05) is 30.3 Å². The second kappa shape index (κ2) is 10.6. The van der Waals surface area contributed by atoms with Crippen LogP contribution in [-0.4, -0.2) is 43.3 Å². The zero-order valence-electron chi connectivity index (χ0n) is 20.5. The molecule has 0 fully saturated rings. The lowest BCUT2D eigenvalue weighted by atomic mass is 9.99. The van der Waals surface area contributed by atoms with Crippen molar-refractivity contribution in [2.75, 3.05) is 17.1 Å². The van der Waals surface area contributed by atoms with Crippen molar-refractivity contribution in [3.63, 3.8) is 0 Å². The van der Waals surface area contributed by atoms with Gasteiger partial charge in [-0.05, 0) is 55.0 Å². The van der Waals surface area contributed by atoms with Crippen LogP contribution in [0.25, 0.3) is 0 Å². The molecule has 0 radical (unpaired) electrons. The molecule has 1 aliphatic rings. The summed E-state index contributed by atoms with van der Waals surface area (Å²) in [6.45, 7) is 1.76. The van der Waals surface area contributed by atoms with Gasteiger partial charge in [0.05, 0.1) is 24.1 Å². The van der Waals surface area contributed by atoms with Crippen molar-refractivity contribution in [1.82, 2.24) is 10.4 Å². The van der Waals surface area contributed by atoms with Crippen LogP contribution in [0.1, 0.15) is 29.7 Å². The molecule has 1 unspecified atom stereocenters. The average molecular weight is 550 g/mol. The Kier molecular flexibility index (Phi) is 7.68. The molecule has 2 bridgehead atoms. The van der Waals surface area contributed by atoms with Crippen LogP contribution in [0.4, 0.5) is 18.9 Å². The van der Waals surface area contributed by atoms with Gasteiger partial charge < -0.3 is 4.74 Å². The van der Waals surface area contributed by atoms with E-state index in [1.165, 1.54) is 18.2 Å². The molecular formula is C26H26F3N3O5S. The maximum absolute atomic E-state index is 13.0. The molecule has 2 N–H and O–H groups in total. The number of fused-ring (bicyclic) bond motifs is 2. The molecule has 0 saturated heterocycles. The number of sulfonamides is 1. The van der Waals surface area contributed by atoms with Gasteiger partial charge in [-0.2, -0.15) is 13.2 Å². The number of carbonyl (C=O) groups excluding carboxylic acids is 1. The number of hydroxylamine groups is 1. The van der Waals surface area contributed by atoms with Crippen LogP contribution in [0.3, 0.4) is 0 Å². The molecule has 1 amide bonds. The van der Waals surface area contributed by atoms with Crippen LogP contribution in [0.15, 0.2) is 72.8 Å². The molecule has 12 heteroatoms. The third-order valence-corrected chi connectivity index (χ3v) is 7.56. The minimum absolute atomic E-state index is 0.149. The first-order chi connectivity index (χ1) is 17.9. The molecule has 3 aromatic carbocycles. The maximum Gasteiger partial charge on any atom is 0.416 e. The van der Waals surface area contributed by atoms with Gasteiger partial charge in [0.15, 0.2) is 0 Å². The Morgan fingerprint density at radius 1 is 1.08 bits per heavy atom. The largest absolute Gasteiger partial charge is 0.457 e. The summed E-state index contributed by atoms with van der Waals surface area (Å²) >= 11 is 0. The van der Waals surface area contributed by atoms with Crippen molar-refractivity contribution >= 4 is 21.6 Å². The Morgan fingerprint density at radius 3 is 2.32 bits per heavy atom. The van der Waals surface area contributed by atoms with Crippen LogP contribution in [-0.2, 0) is 27.5 Å². The van der Waals surface area contributed by atoms with Crippen molar-refractivity contribution in [3.05, 3.63) is 89.5 Å². The fraction of sp³-hybridized carbons (Fsp3) is 0.269. The second-order valence-corrected chi connectivity index (χ2v) is 10.9. The highest BCUT2D eigenvalue weighted by Crippen LogP contribution is 2.40. The summed E-state index contributed by atoms with van der Waals surface area (Å²) in [5.41, 5.74) is 2.45. The van der Waals surface area contributed by atoms with Crippen molar-refractivity contribution < 1.29 is 36.3 Å². The highest BCUT2D eigenvalue weighted by molar-refractivity contribution is 7.92. The second-order valence-electron chi connectivity index (χ2n) is 8.97. The van der Waals surface area contributed by atoms with E-state index < -0.39 is 39.8 Å². The fourth-order valence-corrected chi connectivity index (χ4v) is 5.35. The van der Waals surface area contributed by atoms with E-state index in [0.29, 0.717) is 5.56 Å². The van der Waals surface area contributed by atoms with E-state index in [1.807, 2.05) is 30.3 Å². The van der Waals surface area contributed by atoms with Crippen LogP contribution in [0.2, 0.25) is 0 Å². The number of hydrogen-bond acceptors (Lipinski definition) is 6. The molecule has 0 aromatic heterocycles. The van der Waals surface area contributed by atoms with Crippen molar-refractivity contribution in [2.24, 2.45) is 0 Å². The van der Waals surface area contributed by atoms with Crippen molar-refractivity contribution in [1.29, 1.82) is 0 Å². The third-order valence-electron chi connectivity index (χ3n) is 6.40. The highest BCUT2D eigenvalue weighted by atomic mass is 32.2. The van der Waals surface area contributed by atoms with Crippen molar-refractivity contribution in [3.8, 4) is 11.5 Å². The Bertz CT molecular complexity index is 1400. The van der Waals surface area contributed by atoms with Gasteiger partial charge in [-0.25, -0.2) is 13.9 Å². The van der Waals surface area contributed by atoms with Gasteiger partial charge in [-0.3, -0.25) is 19.2 Å². The zero-order chi connectivity index (χ0) is 27.7. The number of rotatable bonds is 6. The molecule has 4 rings (SSSR count). The number of hydrogen-bond donors (Lipinski definition) is 2. The van der Waals surface area contributed by atoms with Crippen LogP contribution in [0.5, 0.6) is 11.5 Å². The predicted molar refractivity (Wildman–Crippen MR) is 134 cm³/mol. The van der Waals surface area contributed by atoms with E-state index in [9.17, 15) is 31.6 Å². The van der Waals surface area contributed by atoms with E-state index in [1.54, 1.807) is 29.4 Å². The first-order valence-electron chi connectivity index (χ1n) is 11.6. The van der Waals surface area contributed by atoms with E-state index >= 15 is 0 Å². The lowest BCUT2D eigenvalue weighted by Crippen LogP contribution is -2.54. The van der Waals surface area contributed by atoms with Gasteiger partial charge in [0.25, 0.3) is 5.91 Å². The average Bonchev–Trinajstić information content (AvgIpc) is 2.87. The van der Waals surface area contributed by atoms with Gasteiger partial charge in [0, 0.05) is 18.2 Å². The summed E-state index contributed by atoms with van der Waals surface area (Å²) in [5, 5.41) is 9.50. The summed E-state index contributed by atoms with van der Waals surface area (Å²) in [6, 6.07) is 16.4. The third kappa shape index (κ3) is 5.93. The predicted octanol–water partition coefficient (Wildman–Crippen LogP) is 4.71. The Labute approximate surface area is 218 Å². The summed E-state index contributed by atoms with van der Waals surface area (Å²) in [6.07, 6.45) is -3.48. The first kappa shape index (κ1) is 27.4. The molecule has 0 spiro atoms. The molecule has 2 atom stereocenters. The minimum Gasteiger partial charge on any atom is -0.457 e. The van der Waals surface area contributed by atoms with Crippen LogP contribution >= 0.6 is 0 Å². The monoisotopic (exact) mass is 549 g/mol. The Balaban J connectivity index is 1.81. The lowest BCUT2D eigenvalue weighted by Gasteiger charge is -2.40. The van der Waals surface area contributed by atoms with E-state index in [-0.39, 0.29) is 30.3 Å². The molecule has 8 nitrogen and oxygen atoms in total. The summed E-state index contributed by atoms with van der Waals surface area (Å²) in [4.78, 5) is 14.6. The number of anilines is 1. The molecule has 1 aliphatic heterocycles. The van der Waals surface area contributed by atoms with Gasteiger partial charge >= 0.3 is 6.18 Å². The van der Waals surface area contributed by atoms with E-state index in [0.717, 1.165) is 28.3 Å². The molecule has 1 heterocycles. The number of nitrogens with zero attached hydrogens (tertiary/aromatic N) is 2. The normalized spacial score (nSPS) is 18.4. The summed E-state index contributed by atoms with van der Waals surface area (Å²) in [7, 11) is -3.84. The smallest absolute Gasteiger partial charge is 0.416 e. The topological polar surface area (TPSA) is 99.2 Å². The van der Waals surface area contributed by atoms with Crippen molar-refractivity contribution in [2.45, 2.75) is 31.7 Å². The number of amides is 1. The van der Waals surface area contributed by atoms with E-state index in [2.05, 4.69) is 0 Å². The maximum atomic E-state index is 13.0. The quantitative estimate of drug-likeness (QED) is 0.341. The van der Waals surface area contributed by atoms with E-state index in [4.69, 9.17) is 4.74 Å². The van der Waals surface area contributed by atoms with Gasteiger partial charge in [0.1, 0.15) is 17.5 Å². The highest BCUT2D eigenvalue weighted by Gasteiger charge is 2.38. The molecule has 202 valence electrons. The Hall–Kier alpha value is -3.61. The van der Waals surface area contributed by atoms with Gasteiger partial charge in [0.2, 0.25) is 10.0 Å². The molecule has 0 saturated carbocycles. The fourth-order valence-electron chi connectivity index (χ4n) is 4.44. The molecule has 0 aliphatic carbocycles. The Morgan fingerprint density at radius 2 is 1.74 bits per heavy atom. The minimum atomic E-state index is -4.49. The lowest BCUT2D eigenvalue weighted by molar-refractivity contribution is -0.137. The summed E-state index contributed by atoms with van der Waals surface area (Å²) < 4.78 is 71.5. The molecular weight excluding hydrogens is 523 g/mol. The SMILES string of the molecule is CC1c2cc(ccc2Oc2ccc(C(F)(F)F)cc2)N(S(C)(=O)=O)C[C@@H](C(=O)NO)N1Cc1ccccc1. The summed E-state index contributed by atoms with van der Waals surface area (Å²) in [5.74, 6) is -0.371. The van der Waals surface area contributed by atoms with Crippen LogP contribution in [0, 0.1) is 0 Å². The van der Waals surface area contributed by atoms with Crippen LogP contribution < -0.4 is 14.5 Å². The van der Waals surface area contributed by atoms with Gasteiger partial charge in [-0.15, -0.1) is 0 Å². The number of nitrogens with one attached hydrogen (secondary N) is 1. The number of benzene rings is 3. The number of alkyl halides is 3. The number of carbonyl (C=O) groups is 1. The zero-order valence-corrected chi connectivity index (χ0v) is 21.3. The first-order valence-corrected chi connectivity index (χ1v) is 13.4. The number of ether oxygens (including phenoxy) is 1. The standard InChI is InChI=1S/C26H26F3N3O5S/c1-17-22-14-20(10-13-24(22)37-21-11-8-19(9-12-21)26(27,28)29)32(38(2,35)36)16-23(25(33)30-34)31(17)15-18-6-4-3-5-7-18/h3-14,17,23,34H,15-16H2,1-2H3,(H,30,33)/t17?,23-/m0/s1. The molecule has 3 aromatic rings. The molecule has 38 heavy (non-hydrogen) atoms.